The third-order valence-electron chi connectivity index (χ3n) is 4.44. The molecule has 3 heterocycles. The summed E-state index contributed by atoms with van der Waals surface area (Å²) in [6, 6.07) is 2.01. The molecule has 2 fully saturated rings. The maximum atomic E-state index is 12.5. The first-order chi connectivity index (χ1) is 10.3. The van der Waals surface area contributed by atoms with Crippen molar-refractivity contribution < 1.29 is 9.53 Å². The molecule has 1 aromatic rings. The molecule has 120 valence electrons. The van der Waals surface area contributed by atoms with E-state index >= 15 is 0 Å². The Morgan fingerprint density at radius 2 is 2.18 bits per heavy atom. The quantitative estimate of drug-likeness (QED) is 0.857. The van der Waals surface area contributed by atoms with Crippen LogP contribution in [-0.4, -0.2) is 33.7 Å². The largest absolute Gasteiger partial charge is 0.444 e. The van der Waals surface area contributed by atoms with Crippen molar-refractivity contribution in [2.45, 2.75) is 63.6 Å². The molecule has 1 aromatic heterocycles. The number of ether oxygens (including phenoxy) is 1. The van der Waals surface area contributed by atoms with E-state index in [9.17, 15) is 4.79 Å². The highest BCUT2D eigenvalue weighted by Crippen LogP contribution is 2.48. The molecule has 0 aliphatic carbocycles. The van der Waals surface area contributed by atoms with Crippen LogP contribution >= 0.6 is 11.6 Å². The highest BCUT2D eigenvalue weighted by molar-refractivity contribution is 6.33. The Morgan fingerprint density at radius 1 is 1.45 bits per heavy atom. The number of carbonyl (C=O) groups excluding carboxylic acids is 1. The third-order valence-corrected chi connectivity index (χ3v) is 4.85. The lowest BCUT2D eigenvalue weighted by atomic mass is 9.86. The molecule has 0 radical (unpaired) electrons. The molecule has 5 nitrogen and oxygen atoms in total. The van der Waals surface area contributed by atoms with E-state index < -0.39 is 5.60 Å². The highest BCUT2D eigenvalue weighted by atomic mass is 35.5. The number of anilines is 1. The molecule has 3 atom stereocenters. The van der Waals surface area contributed by atoms with Gasteiger partial charge in [0.1, 0.15) is 5.60 Å². The number of nitrogen functional groups attached to an aromatic ring is 1. The van der Waals surface area contributed by atoms with Crippen LogP contribution in [0, 0.1) is 0 Å². The van der Waals surface area contributed by atoms with Gasteiger partial charge in [0.25, 0.3) is 0 Å². The van der Waals surface area contributed by atoms with Gasteiger partial charge in [0.2, 0.25) is 0 Å². The van der Waals surface area contributed by atoms with Crippen LogP contribution in [0.3, 0.4) is 0 Å². The summed E-state index contributed by atoms with van der Waals surface area (Å²) in [5.41, 5.74) is 6.75. The predicted molar refractivity (Wildman–Crippen MR) is 85.9 cm³/mol. The zero-order valence-electron chi connectivity index (χ0n) is 13.2. The van der Waals surface area contributed by atoms with Crippen molar-refractivity contribution >= 4 is 23.4 Å². The van der Waals surface area contributed by atoms with E-state index in [1.165, 1.54) is 0 Å². The van der Waals surface area contributed by atoms with Crippen LogP contribution in [0.1, 0.15) is 51.6 Å². The Morgan fingerprint density at radius 3 is 2.86 bits per heavy atom. The van der Waals surface area contributed by atoms with Gasteiger partial charge in [-0.3, -0.25) is 4.98 Å². The molecule has 2 N–H and O–H groups in total. The minimum Gasteiger partial charge on any atom is -0.444 e. The normalized spacial score (nSPS) is 27.3. The second-order valence-electron chi connectivity index (χ2n) is 7.13. The lowest BCUT2D eigenvalue weighted by molar-refractivity contribution is 0.0212. The number of carbonyl (C=O) groups is 1. The van der Waals surface area contributed by atoms with Crippen molar-refractivity contribution in [1.82, 2.24) is 9.88 Å². The van der Waals surface area contributed by atoms with Gasteiger partial charge >= 0.3 is 6.09 Å². The zero-order valence-corrected chi connectivity index (χ0v) is 13.9. The molecule has 2 saturated heterocycles. The summed E-state index contributed by atoms with van der Waals surface area (Å²) in [5, 5.41) is 0.518. The standard InChI is InChI=1S/C16H22ClN3O2/c1-16(2,3)22-15(21)20-9-4-5-12(20)10(8-9)14-13(17)11(18)6-7-19-14/h6-7,9-10,12H,4-5,8H2,1-3H3,(H2,18,19). The first kappa shape index (κ1) is 15.4. The number of amides is 1. The lowest BCUT2D eigenvalue weighted by Gasteiger charge is -2.28. The molecule has 2 aliphatic rings. The van der Waals surface area contributed by atoms with E-state index in [4.69, 9.17) is 22.1 Å². The maximum absolute atomic E-state index is 12.5. The van der Waals surface area contributed by atoms with Gasteiger partial charge in [0.15, 0.2) is 0 Å². The van der Waals surface area contributed by atoms with Crippen molar-refractivity contribution in [3.8, 4) is 0 Å². The minimum absolute atomic E-state index is 0.103. The number of fused-ring (bicyclic) bond motifs is 2. The van der Waals surface area contributed by atoms with Gasteiger partial charge in [-0.2, -0.15) is 0 Å². The topological polar surface area (TPSA) is 68.5 Å². The van der Waals surface area contributed by atoms with E-state index in [0.717, 1.165) is 25.0 Å². The number of nitrogens with two attached hydrogens (primary N) is 1. The maximum Gasteiger partial charge on any atom is 0.410 e. The Bertz CT molecular complexity index is 600. The summed E-state index contributed by atoms with van der Waals surface area (Å²) in [7, 11) is 0. The van der Waals surface area contributed by atoms with Gasteiger partial charge in [-0.1, -0.05) is 11.6 Å². The molecular weight excluding hydrogens is 302 g/mol. The molecule has 0 aromatic carbocycles. The van der Waals surface area contributed by atoms with Crippen LogP contribution in [0.5, 0.6) is 0 Å². The predicted octanol–water partition coefficient (Wildman–Crippen LogP) is 3.57. The summed E-state index contributed by atoms with van der Waals surface area (Å²) in [4.78, 5) is 18.8. The van der Waals surface area contributed by atoms with Crippen LogP contribution < -0.4 is 5.73 Å². The second kappa shape index (κ2) is 5.30. The number of aromatic nitrogens is 1. The number of pyridine rings is 1. The van der Waals surface area contributed by atoms with Crippen molar-refractivity contribution in [2.24, 2.45) is 0 Å². The number of rotatable bonds is 1. The fraction of sp³-hybridized carbons (Fsp3) is 0.625. The van der Waals surface area contributed by atoms with Crippen molar-refractivity contribution in [3.63, 3.8) is 0 Å². The van der Waals surface area contributed by atoms with Gasteiger partial charge in [-0.15, -0.1) is 0 Å². The molecule has 2 bridgehead atoms. The Labute approximate surface area is 135 Å². The Kier molecular flexibility index (Phi) is 3.71. The molecule has 0 saturated carbocycles. The number of hydrogen-bond acceptors (Lipinski definition) is 4. The van der Waals surface area contributed by atoms with E-state index in [-0.39, 0.29) is 24.1 Å². The van der Waals surface area contributed by atoms with E-state index in [1.54, 1.807) is 12.3 Å². The summed E-state index contributed by atoms with van der Waals surface area (Å²) >= 11 is 6.32. The summed E-state index contributed by atoms with van der Waals surface area (Å²) in [5.74, 6) is 0.141. The van der Waals surface area contributed by atoms with Gasteiger partial charge in [-0.25, -0.2) is 4.79 Å². The smallest absolute Gasteiger partial charge is 0.410 e. The average molecular weight is 324 g/mol. The Balaban J connectivity index is 1.84. The lowest BCUT2D eigenvalue weighted by Crippen LogP contribution is -2.40. The van der Waals surface area contributed by atoms with Crippen molar-refractivity contribution in [2.75, 3.05) is 5.73 Å². The van der Waals surface area contributed by atoms with Crippen LogP contribution in [-0.2, 0) is 4.74 Å². The van der Waals surface area contributed by atoms with Crippen molar-refractivity contribution in [1.29, 1.82) is 0 Å². The molecule has 6 heteroatoms. The highest BCUT2D eigenvalue weighted by Gasteiger charge is 2.51. The van der Waals surface area contributed by atoms with E-state index in [2.05, 4.69) is 4.98 Å². The molecular formula is C16H22ClN3O2. The van der Waals surface area contributed by atoms with Crippen LogP contribution in [0.2, 0.25) is 5.02 Å². The van der Waals surface area contributed by atoms with Crippen LogP contribution in [0.15, 0.2) is 12.3 Å². The van der Waals surface area contributed by atoms with Gasteiger partial charge in [-0.05, 0) is 46.1 Å². The average Bonchev–Trinajstić information content (AvgIpc) is 2.97. The molecule has 3 rings (SSSR count). The molecule has 22 heavy (non-hydrogen) atoms. The molecule has 2 aliphatic heterocycles. The van der Waals surface area contributed by atoms with Gasteiger partial charge in [0.05, 0.1) is 16.4 Å². The molecule has 1 amide bonds. The van der Waals surface area contributed by atoms with Crippen molar-refractivity contribution in [3.05, 3.63) is 23.0 Å². The fourth-order valence-electron chi connectivity index (χ4n) is 3.62. The Hall–Kier alpha value is -1.49. The second-order valence-corrected chi connectivity index (χ2v) is 7.51. The molecule has 0 spiro atoms. The van der Waals surface area contributed by atoms with Crippen LogP contribution in [0.4, 0.5) is 10.5 Å². The first-order valence-corrected chi connectivity index (χ1v) is 8.07. The SMILES string of the molecule is CC(C)(C)OC(=O)N1C2CCC1C(c1nccc(N)c1Cl)C2. The number of halogens is 1. The molecule has 3 unspecified atom stereocenters. The number of hydrogen-bond donors (Lipinski definition) is 1. The minimum atomic E-state index is -0.484. The van der Waals surface area contributed by atoms with E-state index in [0.29, 0.717) is 10.7 Å². The van der Waals surface area contributed by atoms with E-state index in [1.807, 2.05) is 25.7 Å². The summed E-state index contributed by atoms with van der Waals surface area (Å²) < 4.78 is 5.55. The van der Waals surface area contributed by atoms with Gasteiger partial charge < -0.3 is 15.4 Å². The summed E-state index contributed by atoms with van der Waals surface area (Å²) in [6.45, 7) is 5.66. The summed E-state index contributed by atoms with van der Waals surface area (Å²) in [6.07, 6.45) is 4.30. The van der Waals surface area contributed by atoms with Crippen LogP contribution in [0.25, 0.3) is 0 Å². The zero-order chi connectivity index (χ0) is 16.1. The third kappa shape index (κ3) is 2.62. The van der Waals surface area contributed by atoms with Gasteiger partial charge in [0, 0.05) is 24.2 Å². The fourth-order valence-corrected chi connectivity index (χ4v) is 3.87. The monoisotopic (exact) mass is 323 g/mol. The first-order valence-electron chi connectivity index (χ1n) is 7.69. The number of nitrogens with zero attached hydrogens (tertiary/aromatic N) is 2.